The number of rotatable bonds is 5. The van der Waals surface area contributed by atoms with E-state index in [1.165, 1.54) is 6.20 Å². The summed E-state index contributed by atoms with van der Waals surface area (Å²) in [6, 6.07) is 9.90. The number of nitrogens with zero attached hydrogens (tertiary/aromatic N) is 4. The van der Waals surface area contributed by atoms with E-state index in [2.05, 4.69) is 10.1 Å². The van der Waals surface area contributed by atoms with E-state index in [4.69, 9.17) is 4.98 Å². The van der Waals surface area contributed by atoms with E-state index in [1.54, 1.807) is 4.68 Å². The maximum atomic E-state index is 13.4. The first-order valence-corrected chi connectivity index (χ1v) is 11.2. The van der Waals surface area contributed by atoms with Crippen LogP contribution in [0.4, 0.5) is 13.2 Å². The van der Waals surface area contributed by atoms with Crippen molar-refractivity contribution in [3.63, 3.8) is 0 Å². The molecule has 1 aliphatic heterocycles. The van der Waals surface area contributed by atoms with E-state index in [1.807, 2.05) is 35.2 Å². The third-order valence-corrected chi connectivity index (χ3v) is 6.76. The lowest BCUT2D eigenvalue weighted by atomic mass is 9.92. The van der Waals surface area contributed by atoms with Crippen molar-refractivity contribution in [2.24, 2.45) is 5.92 Å². The van der Waals surface area contributed by atoms with E-state index < -0.39 is 24.4 Å². The lowest BCUT2D eigenvalue weighted by Crippen LogP contribution is -2.24. The topological polar surface area (TPSA) is 66.8 Å². The lowest BCUT2D eigenvalue weighted by molar-refractivity contribution is -0.144. The second-order valence-electron chi connectivity index (χ2n) is 9.08. The molecular weight excluding hydrogens is 419 g/mol. The van der Waals surface area contributed by atoms with Crippen molar-refractivity contribution in [3.8, 4) is 0 Å². The van der Waals surface area contributed by atoms with Gasteiger partial charge in [0.2, 0.25) is 0 Å². The van der Waals surface area contributed by atoms with Gasteiger partial charge in [0.25, 0.3) is 5.56 Å². The molecule has 0 bridgehead atoms. The smallest absolute Gasteiger partial charge is 0.310 e. The average Bonchev–Trinajstić information content (AvgIpc) is 3.47. The molecule has 9 heteroatoms. The molecule has 1 saturated heterocycles. The van der Waals surface area contributed by atoms with Crippen LogP contribution in [0.15, 0.2) is 41.3 Å². The Morgan fingerprint density at radius 3 is 2.56 bits per heavy atom. The van der Waals surface area contributed by atoms with Crippen LogP contribution >= 0.6 is 0 Å². The second kappa shape index (κ2) is 8.35. The highest BCUT2D eigenvalue weighted by Gasteiger charge is 2.42. The Bertz CT molecular complexity index is 1130. The number of benzene rings is 1. The van der Waals surface area contributed by atoms with Gasteiger partial charge in [-0.05, 0) is 24.3 Å². The highest BCUT2D eigenvalue weighted by molar-refractivity contribution is 5.73. The van der Waals surface area contributed by atoms with Crippen LogP contribution in [0.25, 0.3) is 11.0 Å². The third kappa shape index (κ3) is 4.30. The molecule has 3 heterocycles. The number of hydrogen-bond donors (Lipinski definition) is 1. The van der Waals surface area contributed by atoms with E-state index in [0.717, 1.165) is 31.2 Å². The molecule has 1 aromatic carbocycles. The van der Waals surface area contributed by atoms with Crippen molar-refractivity contribution < 1.29 is 13.2 Å². The number of halogens is 3. The summed E-state index contributed by atoms with van der Waals surface area (Å²) >= 11 is 0. The van der Waals surface area contributed by atoms with Gasteiger partial charge in [0.05, 0.1) is 12.2 Å². The van der Waals surface area contributed by atoms with Gasteiger partial charge < -0.3 is 4.98 Å². The molecule has 1 saturated carbocycles. The summed E-state index contributed by atoms with van der Waals surface area (Å²) < 4.78 is 41.9. The Labute approximate surface area is 183 Å². The van der Waals surface area contributed by atoms with Gasteiger partial charge in [0.15, 0.2) is 5.65 Å². The monoisotopic (exact) mass is 445 g/mol. The van der Waals surface area contributed by atoms with Gasteiger partial charge in [-0.3, -0.25) is 9.69 Å². The normalized spacial score (nSPS) is 22.8. The first kappa shape index (κ1) is 21.2. The minimum atomic E-state index is -4.28. The Balaban J connectivity index is 1.48. The van der Waals surface area contributed by atoms with Crippen LogP contribution < -0.4 is 5.56 Å². The van der Waals surface area contributed by atoms with Gasteiger partial charge in [-0.2, -0.15) is 18.3 Å². The molecule has 2 aliphatic rings. The number of likely N-dealkylation sites (tertiary alicyclic amines) is 1. The van der Waals surface area contributed by atoms with Crippen LogP contribution in [0.1, 0.15) is 55.5 Å². The first-order chi connectivity index (χ1) is 15.4. The predicted octanol–water partition coefficient (Wildman–Crippen LogP) is 4.40. The van der Waals surface area contributed by atoms with Crippen LogP contribution in [-0.2, 0) is 6.54 Å². The average molecular weight is 445 g/mol. The summed E-state index contributed by atoms with van der Waals surface area (Å²) in [5.41, 5.74) is 1.21. The highest BCUT2D eigenvalue weighted by Crippen LogP contribution is 2.39. The predicted molar refractivity (Wildman–Crippen MR) is 114 cm³/mol. The molecule has 5 rings (SSSR count). The highest BCUT2D eigenvalue weighted by atomic mass is 19.4. The quantitative estimate of drug-likeness (QED) is 0.632. The van der Waals surface area contributed by atoms with Gasteiger partial charge in [-0.25, -0.2) is 9.67 Å². The van der Waals surface area contributed by atoms with Crippen molar-refractivity contribution in [3.05, 3.63) is 58.3 Å². The lowest BCUT2D eigenvalue weighted by Gasteiger charge is -2.19. The molecule has 6 nitrogen and oxygen atoms in total. The SMILES string of the molecule is O=c1[nH]c(C2CN(Cc3ccccc3)CC2CC(F)(F)F)nc2c1cnn2C1CCCC1. The van der Waals surface area contributed by atoms with Gasteiger partial charge in [0.1, 0.15) is 11.2 Å². The zero-order valence-electron chi connectivity index (χ0n) is 17.7. The van der Waals surface area contributed by atoms with Crippen molar-refractivity contribution in [1.82, 2.24) is 24.6 Å². The van der Waals surface area contributed by atoms with Gasteiger partial charge in [0, 0.05) is 32.0 Å². The zero-order valence-corrected chi connectivity index (χ0v) is 17.7. The molecule has 1 aliphatic carbocycles. The van der Waals surface area contributed by atoms with Crippen molar-refractivity contribution in [2.45, 2.75) is 56.8 Å². The number of alkyl halides is 3. The maximum Gasteiger partial charge on any atom is 0.389 e. The summed E-state index contributed by atoms with van der Waals surface area (Å²) in [5.74, 6) is -0.821. The second-order valence-corrected chi connectivity index (χ2v) is 9.08. The van der Waals surface area contributed by atoms with Gasteiger partial charge in [-0.1, -0.05) is 43.2 Å². The Morgan fingerprint density at radius 1 is 1.09 bits per heavy atom. The first-order valence-electron chi connectivity index (χ1n) is 11.2. The van der Waals surface area contributed by atoms with Crippen LogP contribution in [0.3, 0.4) is 0 Å². The Kier molecular flexibility index (Phi) is 5.53. The van der Waals surface area contributed by atoms with E-state index >= 15 is 0 Å². The van der Waals surface area contributed by atoms with E-state index in [9.17, 15) is 18.0 Å². The molecule has 32 heavy (non-hydrogen) atoms. The van der Waals surface area contributed by atoms with Crippen molar-refractivity contribution in [2.75, 3.05) is 13.1 Å². The summed E-state index contributed by atoms with van der Waals surface area (Å²) in [4.78, 5) is 22.3. The summed E-state index contributed by atoms with van der Waals surface area (Å²) in [7, 11) is 0. The molecule has 3 aromatic rings. The molecule has 2 fully saturated rings. The fourth-order valence-electron chi connectivity index (χ4n) is 5.29. The van der Waals surface area contributed by atoms with Crippen LogP contribution in [-0.4, -0.2) is 43.9 Å². The van der Waals surface area contributed by atoms with Gasteiger partial charge >= 0.3 is 6.18 Å². The molecule has 170 valence electrons. The number of H-pyrrole nitrogens is 1. The van der Waals surface area contributed by atoms with Crippen LogP contribution in [0, 0.1) is 5.92 Å². The Morgan fingerprint density at radius 2 is 1.84 bits per heavy atom. The molecule has 0 radical (unpaired) electrons. The summed E-state index contributed by atoms with van der Waals surface area (Å²) in [5, 5.41) is 4.79. The molecule has 0 amide bonds. The molecule has 2 aromatic heterocycles. The fraction of sp³-hybridized carbons (Fsp3) is 0.522. The minimum Gasteiger partial charge on any atom is -0.310 e. The summed E-state index contributed by atoms with van der Waals surface area (Å²) in [6.45, 7) is 1.29. The third-order valence-electron chi connectivity index (χ3n) is 6.76. The standard InChI is InChI=1S/C23H26F3N5O/c24-23(25,26)10-16-13-30(12-15-6-2-1-3-7-15)14-19(16)20-28-21-18(22(32)29-20)11-27-31(21)17-8-4-5-9-17/h1-3,6-7,11,16-17,19H,4-5,8-10,12-14H2,(H,28,29,32). The van der Waals surface area contributed by atoms with Crippen LogP contribution in [0.2, 0.25) is 0 Å². The zero-order chi connectivity index (χ0) is 22.3. The molecule has 2 unspecified atom stereocenters. The van der Waals surface area contributed by atoms with Crippen LogP contribution in [0.5, 0.6) is 0 Å². The van der Waals surface area contributed by atoms with Crippen molar-refractivity contribution in [1.29, 1.82) is 0 Å². The molecule has 2 atom stereocenters. The number of hydrogen-bond acceptors (Lipinski definition) is 4. The van der Waals surface area contributed by atoms with E-state index in [-0.39, 0.29) is 11.6 Å². The molecule has 1 N–H and O–H groups in total. The Hall–Kier alpha value is -2.68. The van der Waals surface area contributed by atoms with Gasteiger partial charge in [-0.15, -0.1) is 0 Å². The van der Waals surface area contributed by atoms with E-state index in [0.29, 0.717) is 36.5 Å². The molecular formula is C23H26F3N5O. The number of nitrogens with one attached hydrogen (secondary N) is 1. The fourth-order valence-corrected chi connectivity index (χ4v) is 5.29. The number of aromatic amines is 1. The largest absolute Gasteiger partial charge is 0.389 e. The molecule has 0 spiro atoms. The summed E-state index contributed by atoms with van der Waals surface area (Å²) in [6.07, 6.45) is 0.512. The maximum absolute atomic E-state index is 13.4. The van der Waals surface area contributed by atoms with Crippen molar-refractivity contribution >= 4 is 11.0 Å². The number of fused-ring (bicyclic) bond motifs is 1. The minimum absolute atomic E-state index is 0.193. The number of aromatic nitrogens is 4.